The van der Waals surface area contributed by atoms with E-state index in [9.17, 15) is 0 Å². The molecule has 2 nitrogen and oxygen atoms in total. The Balaban J connectivity index is 2.10. The molecule has 0 atom stereocenters. The molecule has 0 aliphatic heterocycles. The molecule has 0 fully saturated rings. The summed E-state index contributed by atoms with van der Waals surface area (Å²) < 4.78 is 6.34. The van der Waals surface area contributed by atoms with Crippen molar-refractivity contribution < 1.29 is 4.74 Å². The first kappa shape index (κ1) is 14.2. The molecule has 2 aromatic carbocycles. The van der Waals surface area contributed by atoms with Gasteiger partial charge in [0.2, 0.25) is 0 Å². The van der Waals surface area contributed by atoms with Gasteiger partial charge in [0.15, 0.2) is 0 Å². The van der Waals surface area contributed by atoms with Crippen LogP contribution in [0.5, 0.6) is 5.75 Å². The molecule has 19 heavy (non-hydrogen) atoms. The zero-order valence-electron chi connectivity index (χ0n) is 9.66. The molecule has 0 saturated carbocycles. The molecule has 0 radical (unpaired) electrons. The summed E-state index contributed by atoms with van der Waals surface area (Å²) in [4.78, 5) is 0. The third-order valence-corrected chi connectivity index (χ3v) is 3.94. The summed E-state index contributed by atoms with van der Waals surface area (Å²) in [7, 11) is 0. The average Bonchev–Trinajstić information content (AvgIpc) is 2.42. The number of nitrogens with zero attached hydrogens (tertiary/aromatic N) is 1. The molecule has 2 rings (SSSR count). The average molecular weight is 357 g/mol. The number of hydrogen-bond acceptors (Lipinski definition) is 2. The maximum absolute atomic E-state index is 8.71. The highest BCUT2D eigenvalue weighted by atomic mass is 79.9. The molecule has 0 heterocycles. The second-order valence-electron chi connectivity index (χ2n) is 3.79. The minimum absolute atomic E-state index is 0.364. The van der Waals surface area contributed by atoms with Gasteiger partial charge in [-0.05, 0) is 39.7 Å². The van der Waals surface area contributed by atoms with Crippen LogP contribution in [0.15, 0.2) is 40.9 Å². The minimum Gasteiger partial charge on any atom is -0.487 e. The highest BCUT2D eigenvalue weighted by molar-refractivity contribution is 9.10. The molecule has 0 amide bonds. The van der Waals surface area contributed by atoms with Gasteiger partial charge in [0.25, 0.3) is 0 Å². The summed E-state index contributed by atoms with van der Waals surface area (Å²) in [5.74, 6) is 0.527. The molecule has 96 valence electrons. The van der Waals surface area contributed by atoms with Crippen LogP contribution < -0.4 is 4.74 Å². The lowest BCUT2D eigenvalue weighted by atomic mass is 10.2. The first-order valence-corrected chi connectivity index (χ1v) is 6.91. The smallest absolute Gasteiger partial charge is 0.139 e. The van der Waals surface area contributed by atoms with Gasteiger partial charge in [-0.3, -0.25) is 0 Å². The van der Waals surface area contributed by atoms with Crippen LogP contribution in [0.3, 0.4) is 0 Å². The second-order valence-corrected chi connectivity index (χ2v) is 5.46. The normalized spacial score (nSPS) is 10.0. The van der Waals surface area contributed by atoms with Crippen LogP contribution in [0.1, 0.15) is 11.1 Å². The van der Waals surface area contributed by atoms with Crippen molar-refractivity contribution >= 4 is 39.1 Å². The van der Waals surface area contributed by atoms with Gasteiger partial charge in [0, 0.05) is 10.5 Å². The minimum atomic E-state index is 0.364. The van der Waals surface area contributed by atoms with Crippen molar-refractivity contribution in [3.63, 3.8) is 0 Å². The maximum atomic E-state index is 8.71. The highest BCUT2D eigenvalue weighted by Crippen LogP contribution is 2.34. The summed E-state index contributed by atoms with van der Waals surface area (Å²) in [6, 6.07) is 12.6. The van der Waals surface area contributed by atoms with Crippen LogP contribution in [0, 0.1) is 11.3 Å². The highest BCUT2D eigenvalue weighted by Gasteiger charge is 2.07. The van der Waals surface area contributed by atoms with Crippen LogP contribution in [0.25, 0.3) is 0 Å². The summed E-state index contributed by atoms with van der Waals surface area (Å²) in [6.45, 7) is 0.364. The van der Waals surface area contributed by atoms with E-state index in [0.29, 0.717) is 28.0 Å². The predicted octanol–water partition coefficient (Wildman–Crippen LogP) is 5.21. The standard InChI is InChI=1S/C14H8BrCl2NO/c15-11-5-13(17)14(6-12(11)16)19-8-10-3-1-9(7-18)2-4-10/h1-6H,8H2. The molecule has 0 aliphatic carbocycles. The molecular weight excluding hydrogens is 349 g/mol. The number of hydrogen-bond donors (Lipinski definition) is 0. The molecule has 0 unspecified atom stereocenters. The fraction of sp³-hybridized carbons (Fsp3) is 0.0714. The number of rotatable bonds is 3. The van der Waals surface area contributed by atoms with Crippen molar-refractivity contribution in [3.8, 4) is 11.8 Å². The van der Waals surface area contributed by atoms with E-state index >= 15 is 0 Å². The van der Waals surface area contributed by atoms with Crippen LogP contribution in [-0.4, -0.2) is 0 Å². The van der Waals surface area contributed by atoms with E-state index < -0.39 is 0 Å². The second kappa shape index (κ2) is 6.29. The quantitative estimate of drug-likeness (QED) is 0.707. The van der Waals surface area contributed by atoms with Gasteiger partial charge in [-0.1, -0.05) is 35.3 Å². The van der Waals surface area contributed by atoms with Crippen LogP contribution >= 0.6 is 39.1 Å². The first-order chi connectivity index (χ1) is 9.10. The van der Waals surface area contributed by atoms with Crippen LogP contribution in [-0.2, 0) is 6.61 Å². The van der Waals surface area contributed by atoms with E-state index in [4.69, 9.17) is 33.2 Å². The Morgan fingerprint density at radius 2 is 1.79 bits per heavy atom. The summed E-state index contributed by atoms with van der Waals surface area (Å²) >= 11 is 15.3. The Morgan fingerprint density at radius 3 is 2.42 bits per heavy atom. The van der Waals surface area contributed by atoms with E-state index in [1.807, 2.05) is 12.1 Å². The molecule has 5 heteroatoms. The Labute approximate surface area is 129 Å². The van der Waals surface area contributed by atoms with Crippen molar-refractivity contribution in [1.29, 1.82) is 5.26 Å². The molecule has 2 aromatic rings. The third-order valence-electron chi connectivity index (χ3n) is 2.45. The lowest BCUT2D eigenvalue weighted by Crippen LogP contribution is -1.96. The van der Waals surface area contributed by atoms with Crippen molar-refractivity contribution in [3.05, 3.63) is 62.0 Å². The SMILES string of the molecule is N#Cc1ccc(COc2cc(Cl)c(Br)cc2Cl)cc1. The van der Waals surface area contributed by atoms with Gasteiger partial charge in [-0.2, -0.15) is 5.26 Å². The molecular formula is C14H8BrCl2NO. The van der Waals surface area contributed by atoms with Gasteiger partial charge in [0.1, 0.15) is 12.4 Å². The summed E-state index contributed by atoms with van der Waals surface area (Å²) in [5.41, 5.74) is 1.57. The Kier molecular flexibility index (Phi) is 4.71. The Hall–Kier alpha value is -1.21. The van der Waals surface area contributed by atoms with Crippen molar-refractivity contribution in [2.45, 2.75) is 6.61 Å². The topological polar surface area (TPSA) is 33.0 Å². The Morgan fingerprint density at radius 1 is 1.11 bits per heavy atom. The van der Waals surface area contributed by atoms with E-state index in [2.05, 4.69) is 22.0 Å². The fourth-order valence-corrected chi connectivity index (χ4v) is 2.30. The van der Waals surface area contributed by atoms with Crippen LogP contribution in [0.2, 0.25) is 10.0 Å². The van der Waals surface area contributed by atoms with E-state index in [0.717, 1.165) is 10.0 Å². The summed E-state index contributed by atoms with van der Waals surface area (Å²) in [6.07, 6.45) is 0. The number of halogens is 3. The number of ether oxygens (including phenoxy) is 1. The van der Waals surface area contributed by atoms with Gasteiger partial charge < -0.3 is 4.74 Å². The fourth-order valence-electron chi connectivity index (χ4n) is 1.45. The molecule has 0 aliphatic rings. The maximum Gasteiger partial charge on any atom is 0.139 e. The molecule has 0 bridgehead atoms. The number of benzene rings is 2. The zero-order chi connectivity index (χ0) is 13.8. The molecule has 0 saturated heterocycles. The van der Waals surface area contributed by atoms with E-state index in [1.165, 1.54) is 0 Å². The van der Waals surface area contributed by atoms with Gasteiger partial charge in [-0.25, -0.2) is 0 Å². The molecule has 0 spiro atoms. The molecule has 0 N–H and O–H groups in total. The van der Waals surface area contributed by atoms with E-state index in [1.54, 1.807) is 24.3 Å². The monoisotopic (exact) mass is 355 g/mol. The summed E-state index contributed by atoms with van der Waals surface area (Å²) in [5, 5.41) is 9.74. The Bertz CT molecular complexity index is 635. The predicted molar refractivity (Wildman–Crippen MR) is 79.7 cm³/mol. The largest absolute Gasteiger partial charge is 0.487 e. The van der Waals surface area contributed by atoms with Gasteiger partial charge in [-0.15, -0.1) is 0 Å². The van der Waals surface area contributed by atoms with Crippen molar-refractivity contribution in [2.75, 3.05) is 0 Å². The van der Waals surface area contributed by atoms with Gasteiger partial charge >= 0.3 is 0 Å². The third kappa shape index (κ3) is 3.63. The van der Waals surface area contributed by atoms with Crippen molar-refractivity contribution in [1.82, 2.24) is 0 Å². The lowest BCUT2D eigenvalue weighted by molar-refractivity contribution is 0.306. The lowest BCUT2D eigenvalue weighted by Gasteiger charge is -2.09. The first-order valence-electron chi connectivity index (χ1n) is 5.36. The van der Waals surface area contributed by atoms with Crippen molar-refractivity contribution in [2.24, 2.45) is 0 Å². The number of nitriles is 1. The van der Waals surface area contributed by atoms with Crippen LogP contribution in [0.4, 0.5) is 0 Å². The zero-order valence-corrected chi connectivity index (χ0v) is 12.8. The molecule has 0 aromatic heterocycles. The van der Waals surface area contributed by atoms with E-state index in [-0.39, 0.29) is 0 Å². The van der Waals surface area contributed by atoms with Gasteiger partial charge in [0.05, 0.1) is 21.7 Å².